The van der Waals surface area contributed by atoms with Crippen LogP contribution in [0.5, 0.6) is 0 Å². The molecule has 0 radical (unpaired) electrons. The molecular formula is C16H21NO4. The van der Waals surface area contributed by atoms with Crippen LogP contribution in [0.2, 0.25) is 0 Å². The van der Waals surface area contributed by atoms with Crippen LogP contribution in [0, 0.1) is 12.8 Å². The number of hydrogen-bond donors (Lipinski definition) is 1. The third-order valence-corrected chi connectivity index (χ3v) is 3.88. The molecule has 1 heterocycles. The zero-order chi connectivity index (χ0) is 15.4. The Balaban J connectivity index is 2.09. The molecule has 0 aromatic heterocycles. The van der Waals surface area contributed by atoms with Crippen LogP contribution in [0.25, 0.3) is 0 Å². The summed E-state index contributed by atoms with van der Waals surface area (Å²) in [6.07, 6.45) is 1.86. The van der Waals surface area contributed by atoms with Gasteiger partial charge in [0.05, 0.1) is 5.56 Å². The molecule has 0 saturated carbocycles. The Kier molecular flexibility index (Phi) is 4.96. The number of amides is 1. The van der Waals surface area contributed by atoms with Crippen LogP contribution in [0.15, 0.2) is 18.2 Å². The number of ether oxygens (including phenoxy) is 1. The van der Waals surface area contributed by atoms with Crippen LogP contribution < -0.4 is 0 Å². The highest BCUT2D eigenvalue weighted by Crippen LogP contribution is 2.20. The second-order valence-electron chi connectivity index (χ2n) is 5.58. The van der Waals surface area contributed by atoms with Crippen molar-refractivity contribution >= 4 is 11.9 Å². The van der Waals surface area contributed by atoms with Crippen molar-refractivity contribution in [1.29, 1.82) is 0 Å². The molecular weight excluding hydrogens is 270 g/mol. The van der Waals surface area contributed by atoms with Gasteiger partial charge in [-0.3, -0.25) is 4.79 Å². The van der Waals surface area contributed by atoms with Crippen LogP contribution in [0.1, 0.15) is 39.1 Å². The minimum atomic E-state index is -1.01. The zero-order valence-electron chi connectivity index (χ0n) is 12.5. The molecule has 1 aliphatic heterocycles. The number of nitrogens with zero attached hydrogens (tertiary/aromatic N) is 1. The Morgan fingerprint density at radius 1 is 1.24 bits per heavy atom. The monoisotopic (exact) mass is 291 g/mol. The first-order valence-electron chi connectivity index (χ1n) is 7.14. The SMILES string of the molecule is COCC1CCN(C(=O)c2cc(C)cc(C(=O)O)c2)CC1. The molecule has 114 valence electrons. The van der Waals surface area contributed by atoms with E-state index in [1.165, 1.54) is 6.07 Å². The van der Waals surface area contributed by atoms with E-state index < -0.39 is 5.97 Å². The lowest BCUT2D eigenvalue weighted by Gasteiger charge is -2.31. The highest BCUT2D eigenvalue weighted by Gasteiger charge is 2.24. The van der Waals surface area contributed by atoms with Crippen LogP contribution in [0.4, 0.5) is 0 Å². The summed E-state index contributed by atoms with van der Waals surface area (Å²) in [6.45, 7) is 3.93. The fourth-order valence-corrected chi connectivity index (χ4v) is 2.75. The highest BCUT2D eigenvalue weighted by molar-refractivity contribution is 5.97. The number of carboxylic acid groups (broad SMARTS) is 1. The number of rotatable bonds is 4. The lowest BCUT2D eigenvalue weighted by Crippen LogP contribution is -2.39. The Bertz CT molecular complexity index is 533. The van der Waals surface area contributed by atoms with Crippen molar-refractivity contribution in [3.63, 3.8) is 0 Å². The van der Waals surface area contributed by atoms with E-state index in [2.05, 4.69) is 0 Å². The number of hydrogen-bond acceptors (Lipinski definition) is 3. The predicted octanol–water partition coefficient (Wildman–Crippen LogP) is 2.19. The minimum Gasteiger partial charge on any atom is -0.478 e. The molecule has 1 fully saturated rings. The largest absolute Gasteiger partial charge is 0.478 e. The first kappa shape index (κ1) is 15.5. The summed E-state index contributed by atoms with van der Waals surface area (Å²) in [5.74, 6) is -0.588. The average molecular weight is 291 g/mol. The van der Waals surface area contributed by atoms with Crippen LogP contribution >= 0.6 is 0 Å². The molecule has 1 amide bonds. The van der Waals surface area contributed by atoms with Crippen molar-refractivity contribution in [3.8, 4) is 0 Å². The number of carboxylic acids is 1. The van der Waals surface area contributed by atoms with Gasteiger partial charge in [-0.1, -0.05) is 0 Å². The summed E-state index contributed by atoms with van der Waals surface area (Å²) in [6, 6.07) is 4.78. The molecule has 1 N–H and O–H groups in total. The summed E-state index contributed by atoms with van der Waals surface area (Å²) in [7, 11) is 1.69. The smallest absolute Gasteiger partial charge is 0.335 e. The maximum Gasteiger partial charge on any atom is 0.335 e. The second-order valence-corrected chi connectivity index (χ2v) is 5.58. The number of likely N-dealkylation sites (tertiary alicyclic amines) is 1. The van der Waals surface area contributed by atoms with Crippen molar-refractivity contribution in [1.82, 2.24) is 4.90 Å². The molecule has 1 aromatic carbocycles. The van der Waals surface area contributed by atoms with E-state index >= 15 is 0 Å². The fraction of sp³-hybridized carbons (Fsp3) is 0.500. The Morgan fingerprint density at radius 3 is 2.43 bits per heavy atom. The van der Waals surface area contributed by atoms with Gasteiger partial charge in [0.1, 0.15) is 0 Å². The van der Waals surface area contributed by atoms with Crippen LogP contribution in [-0.2, 0) is 4.74 Å². The molecule has 2 rings (SSSR count). The Labute approximate surface area is 124 Å². The molecule has 0 spiro atoms. The van der Waals surface area contributed by atoms with Crippen molar-refractivity contribution in [2.75, 3.05) is 26.8 Å². The van der Waals surface area contributed by atoms with E-state index in [1.54, 1.807) is 31.1 Å². The summed E-state index contributed by atoms with van der Waals surface area (Å²) in [5, 5.41) is 9.08. The maximum atomic E-state index is 12.5. The first-order chi connectivity index (χ1) is 10.0. The molecule has 5 heteroatoms. The molecule has 0 aliphatic carbocycles. The van der Waals surface area contributed by atoms with Crippen molar-refractivity contribution in [3.05, 3.63) is 34.9 Å². The van der Waals surface area contributed by atoms with E-state index in [-0.39, 0.29) is 11.5 Å². The summed E-state index contributed by atoms with van der Waals surface area (Å²) in [5.41, 5.74) is 1.40. The number of aryl methyl sites for hydroxylation is 1. The Hall–Kier alpha value is -1.88. The predicted molar refractivity (Wildman–Crippen MR) is 78.6 cm³/mol. The molecule has 1 aliphatic rings. The van der Waals surface area contributed by atoms with Gasteiger partial charge in [0.15, 0.2) is 0 Å². The summed E-state index contributed by atoms with van der Waals surface area (Å²) in [4.78, 5) is 25.4. The molecule has 0 unspecified atom stereocenters. The highest BCUT2D eigenvalue weighted by atomic mass is 16.5. The standard InChI is InChI=1S/C16H21NO4/c1-11-7-13(9-14(8-11)16(19)20)15(18)17-5-3-12(4-6-17)10-21-2/h7-9,12H,3-6,10H2,1-2H3,(H,19,20). The molecule has 21 heavy (non-hydrogen) atoms. The van der Waals surface area contributed by atoms with Gasteiger partial charge < -0.3 is 14.7 Å². The van der Waals surface area contributed by atoms with E-state index in [0.29, 0.717) is 24.6 Å². The number of aromatic carboxylic acids is 1. The van der Waals surface area contributed by atoms with Gasteiger partial charge in [-0.25, -0.2) is 4.79 Å². The number of benzene rings is 1. The second kappa shape index (κ2) is 6.72. The lowest BCUT2D eigenvalue weighted by atomic mass is 9.97. The van der Waals surface area contributed by atoms with Crippen LogP contribution in [-0.4, -0.2) is 48.7 Å². The topological polar surface area (TPSA) is 66.8 Å². The third-order valence-electron chi connectivity index (χ3n) is 3.88. The number of piperidine rings is 1. The van der Waals surface area contributed by atoms with E-state index in [1.807, 2.05) is 0 Å². The minimum absolute atomic E-state index is 0.0860. The van der Waals surface area contributed by atoms with Gasteiger partial charge in [-0.05, 0) is 49.4 Å². The summed E-state index contributed by atoms with van der Waals surface area (Å²) < 4.78 is 5.15. The van der Waals surface area contributed by atoms with Gasteiger partial charge in [0.25, 0.3) is 5.91 Å². The van der Waals surface area contributed by atoms with E-state index in [9.17, 15) is 9.59 Å². The van der Waals surface area contributed by atoms with Crippen molar-refractivity contribution in [2.24, 2.45) is 5.92 Å². The number of carbonyl (C=O) groups is 2. The van der Waals surface area contributed by atoms with Crippen LogP contribution in [0.3, 0.4) is 0 Å². The summed E-state index contributed by atoms with van der Waals surface area (Å²) >= 11 is 0. The van der Waals surface area contributed by atoms with Gasteiger partial charge in [0, 0.05) is 32.4 Å². The normalized spacial score (nSPS) is 16.0. The number of methoxy groups -OCH3 is 1. The van der Waals surface area contributed by atoms with Gasteiger partial charge >= 0.3 is 5.97 Å². The molecule has 0 atom stereocenters. The third kappa shape index (κ3) is 3.82. The van der Waals surface area contributed by atoms with Crippen molar-refractivity contribution in [2.45, 2.75) is 19.8 Å². The van der Waals surface area contributed by atoms with Crippen molar-refractivity contribution < 1.29 is 19.4 Å². The van der Waals surface area contributed by atoms with Gasteiger partial charge in [-0.2, -0.15) is 0 Å². The van der Waals surface area contributed by atoms with E-state index in [4.69, 9.17) is 9.84 Å². The van der Waals surface area contributed by atoms with Gasteiger partial charge in [0.2, 0.25) is 0 Å². The molecule has 1 aromatic rings. The fourth-order valence-electron chi connectivity index (χ4n) is 2.75. The maximum absolute atomic E-state index is 12.5. The first-order valence-corrected chi connectivity index (χ1v) is 7.14. The Morgan fingerprint density at radius 2 is 1.86 bits per heavy atom. The average Bonchev–Trinajstić information content (AvgIpc) is 2.47. The van der Waals surface area contributed by atoms with Gasteiger partial charge in [-0.15, -0.1) is 0 Å². The molecule has 1 saturated heterocycles. The zero-order valence-corrected chi connectivity index (χ0v) is 12.5. The van der Waals surface area contributed by atoms with E-state index in [0.717, 1.165) is 25.0 Å². The lowest BCUT2D eigenvalue weighted by molar-refractivity contribution is 0.0613. The molecule has 0 bridgehead atoms. The quantitative estimate of drug-likeness (QED) is 0.923. The molecule has 5 nitrogen and oxygen atoms in total. The number of carbonyl (C=O) groups excluding carboxylic acids is 1.